The normalized spacial score (nSPS) is 11.6. The van der Waals surface area contributed by atoms with Crippen LogP contribution in [0.5, 0.6) is 23.0 Å². The molecule has 0 aliphatic carbocycles. The Morgan fingerprint density at radius 2 is 1.59 bits per heavy atom. The van der Waals surface area contributed by atoms with Crippen molar-refractivity contribution in [2.24, 2.45) is 0 Å². The maximum Gasteiger partial charge on any atom is 0.263 e. The molecule has 0 aliphatic rings. The highest BCUT2D eigenvalue weighted by Crippen LogP contribution is 2.55. The third kappa shape index (κ3) is 3.63. The van der Waals surface area contributed by atoms with Crippen molar-refractivity contribution in [1.82, 2.24) is 0 Å². The Labute approximate surface area is 194 Å². The minimum atomic E-state index is -0.773. The smallest absolute Gasteiger partial charge is 0.263 e. The monoisotopic (exact) mass is 471 g/mol. The van der Waals surface area contributed by atoms with E-state index in [9.17, 15) is 4.79 Å². The molecule has 1 aromatic heterocycles. The number of fused-ring (bicyclic) bond motifs is 2. The summed E-state index contributed by atoms with van der Waals surface area (Å²) in [5.41, 5.74) is -0.113. The van der Waals surface area contributed by atoms with E-state index in [-0.39, 0.29) is 5.43 Å². The Morgan fingerprint density at radius 1 is 0.906 bits per heavy atom. The number of ether oxygens (including phenoxy) is 4. The molecule has 32 heavy (non-hydrogen) atoms. The summed E-state index contributed by atoms with van der Waals surface area (Å²) in [5, 5.41) is 1.47. The molecule has 4 aromatic rings. The summed E-state index contributed by atoms with van der Waals surface area (Å²) in [7, 11) is 4.03. The fourth-order valence-corrected chi connectivity index (χ4v) is 6.70. The highest BCUT2D eigenvalue weighted by atomic mass is 35.5. The van der Waals surface area contributed by atoms with E-state index in [1.54, 1.807) is 27.4 Å². The largest absolute Gasteiger partial charge is 0.496 e. The van der Waals surface area contributed by atoms with Crippen molar-refractivity contribution in [3.8, 4) is 27.9 Å². The predicted molar refractivity (Wildman–Crippen MR) is 132 cm³/mol. The molecule has 4 rings (SSSR count). The van der Waals surface area contributed by atoms with Gasteiger partial charge in [0.25, 0.3) is 4.90 Å². The second kappa shape index (κ2) is 9.27. The van der Waals surface area contributed by atoms with Gasteiger partial charge < -0.3 is 18.9 Å². The summed E-state index contributed by atoms with van der Waals surface area (Å²) in [5.74, 6) is 2.45. The van der Waals surface area contributed by atoms with Crippen molar-refractivity contribution < 1.29 is 18.9 Å². The number of benzene rings is 3. The van der Waals surface area contributed by atoms with E-state index in [0.29, 0.717) is 45.4 Å². The Kier molecular flexibility index (Phi) is 6.44. The maximum atomic E-state index is 13.5. The van der Waals surface area contributed by atoms with Gasteiger partial charge in [-0.2, -0.15) is 0 Å². The van der Waals surface area contributed by atoms with Crippen LogP contribution in [0.3, 0.4) is 0 Å². The molecule has 0 amide bonds. The van der Waals surface area contributed by atoms with Crippen LogP contribution in [0.4, 0.5) is 0 Å². The van der Waals surface area contributed by atoms with E-state index >= 15 is 0 Å². The lowest BCUT2D eigenvalue weighted by Crippen LogP contribution is -2.06. The van der Waals surface area contributed by atoms with Crippen molar-refractivity contribution >= 4 is 42.2 Å². The molecule has 0 saturated heterocycles. The van der Waals surface area contributed by atoms with Crippen LogP contribution in [0.15, 0.2) is 53.3 Å². The zero-order valence-corrected chi connectivity index (χ0v) is 19.9. The Bertz CT molecular complexity index is 1340. The summed E-state index contributed by atoms with van der Waals surface area (Å²) in [6, 6.07) is 14.8. The van der Waals surface area contributed by atoms with E-state index in [4.69, 9.17) is 30.5 Å². The number of halogens is 1. The molecule has 0 bridgehead atoms. The van der Waals surface area contributed by atoms with Gasteiger partial charge in [0.1, 0.15) is 11.1 Å². The average molecular weight is 472 g/mol. The molecule has 0 spiro atoms. The van der Waals surface area contributed by atoms with Crippen molar-refractivity contribution in [2.75, 3.05) is 27.9 Å². The van der Waals surface area contributed by atoms with Crippen LogP contribution in [0, 0.1) is 0 Å². The van der Waals surface area contributed by atoms with Crippen LogP contribution in [-0.2, 0) is 0 Å². The Morgan fingerprint density at radius 3 is 2.22 bits per heavy atom. The van der Waals surface area contributed by atoms with Gasteiger partial charge in [0.2, 0.25) is 10.1 Å². The van der Waals surface area contributed by atoms with Crippen molar-refractivity contribution in [1.29, 1.82) is 0 Å². The second-order valence-corrected chi connectivity index (χ2v) is 9.37. The quantitative estimate of drug-likeness (QED) is 0.225. The second-order valence-electron chi connectivity index (χ2n) is 7.09. The molecule has 3 aromatic carbocycles. The van der Waals surface area contributed by atoms with Crippen LogP contribution in [0.2, 0.25) is 5.02 Å². The summed E-state index contributed by atoms with van der Waals surface area (Å²) in [6.45, 7) is 2.57. The summed E-state index contributed by atoms with van der Waals surface area (Å²) in [4.78, 5) is 14.3. The summed E-state index contributed by atoms with van der Waals surface area (Å²) < 4.78 is 24.7. The predicted octanol–water partition coefficient (Wildman–Crippen LogP) is 6.56. The van der Waals surface area contributed by atoms with Gasteiger partial charge in [-0.3, -0.25) is 4.79 Å². The first-order valence-corrected chi connectivity index (χ1v) is 11.8. The lowest BCUT2D eigenvalue weighted by atomic mass is 10.2. The lowest BCUT2D eigenvalue weighted by Gasteiger charge is -2.14. The maximum absolute atomic E-state index is 13.5. The topological polar surface area (TPSA) is 54.0 Å². The standard InChI is InChI=1S/C25H24ClO5S/c1-5-12-31-18-11-10-17(26)22-23(27)16-8-6-7-9-21(16)32(25(18)22)24-19(29-3)13-15(28-2)14-20(24)30-4/h6-11,13-14H,5,12H2,1-4H3/q+1. The molecule has 0 saturated carbocycles. The fraction of sp³-hybridized carbons (Fsp3) is 0.240. The van der Waals surface area contributed by atoms with Gasteiger partial charge >= 0.3 is 0 Å². The van der Waals surface area contributed by atoms with Crippen LogP contribution in [0.25, 0.3) is 25.1 Å². The van der Waals surface area contributed by atoms with Gasteiger partial charge in [0.15, 0.2) is 21.9 Å². The van der Waals surface area contributed by atoms with Crippen LogP contribution in [-0.4, -0.2) is 27.9 Å². The summed E-state index contributed by atoms with van der Waals surface area (Å²) in [6.07, 6.45) is 0.838. The third-order valence-electron chi connectivity index (χ3n) is 5.19. The van der Waals surface area contributed by atoms with Gasteiger partial charge in [-0.15, -0.1) is 0 Å². The van der Waals surface area contributed by atoms with E-state index in [2.05, 4.69) is 0 Å². The highest BCUT2D eigenvalue weighted by molar-refractivity contribution is 7.50. The number of methoxy groups -OCH3 is 3. The van der Waals surface area contributed by atoms with Gasteiger partial charge in [0, 0.05) is 22.6 Å². The highest BCUT2D eigenvalue weighted by Gasteiger charge is 2.33. The van der Waals surface area contributed by atoms with Crippen molar-refractivity contribution in [2.45, 2.75) is 13.3 Å². The number of hydrogen-bond donors (Lipinski definition) is 0. The Balaban J connectivity index is 2.29. The number of hydrogen-bond acceptors (Lipinski definition) is 5. The molecule has 1 atom stereocenters. The van der Waals surface area contributed by atoms with E-state index in [1.807, 2.05) is 49.4 Å². The SMILES string of the molecule is CCCOc1ccc(Cl)c2c(=O)c3ccccc3[s+](-c3c(OC)cc(OC)cc3OC)c12. The number of rotatable bonds is 7. The van der Waals surface area contributed by atoms with Crippen LogP contribution >= 0.6 is 22.1 Å². The van der Waals surface area contributed by atoms with Gasteiger partial charge in [-0.25, -0.2) is 0 Å². The molecule has 0 fully saturated rings. The lowest BCUT2D eigenvalue weighted by molar-refractivity contribution is 0.321. The van der Waals surface area contributed by atoms with E-state index < -0.39 is 10.5 Å². The molecule has 1 heterocycles. The molecule has 0 aliphatic heterocycles. The van der Waals surface area contributed by atoms with Gasteiger partial charge in [-0.1, -0.05) is 30.7 Å². The van der Waals surface area contributed by atoms with E-state index in [1.165, 1.54) is 0 Å². The zero-order chi connectivity index (χ0) is 22.8. The summed E-state index contributed by atoms with van der Waals surface area (Å²) >= 11 is 6.60. The Hall–Kier alpha value is -2.96. The van der Waals surface area contributed by atoms with Crippen LogP contribution in [0.1, 0.15) is 13.3 Å². The first kappa shape index (κ1) is 22.2. The van der Waals surface area contributed by atoms with Crippen molar-refractivity contribution in [3.05, 3.63) is 63.8 Å². The molecule has 0 radical (unpaired) electrons. The zero-order valence-electron chi connectivity index (χ0n) is 18.4. The third-order valence-corrected chi connectivity index (χ3v) is 7.92. The minimum absolute atomic E-state index is 0.113. The molecular weight excluding hydrogens is 448 g/mol. The molecular formula is C25H24ClO5S+. The van der Waals surface area contributed by atoms with Gasteiger partial charge in [-0.05, 0) is 30.7 Å². The molecule has 166 valence electrons. The van der Waals surface area contributed by atoms with Gasteiger partial charge in [0.05, 0.1) is 38.3 Å². The van der Waals surface area contributed by atoms with E-state index in [0.717, 1.165) is 20.7 Å². The molecule has 5 nitrogen and oxygen atoms in total. The first-order chi connectivity index (χ1) is 15.5. The average Bonchev–Trinajstić information content (AvgIpc) is 2.83. The molecule has 7 heteroatoms. The first-order valence-electron chi connectivity index (χ1n) is 10.2. The van der Waals surface area contributed by atoms with Crippen LogP contribution < -0.4 is 24.4 Å². The minimum Gasteiger partial charge on any atom is -0.496 e. The van der Waals surface area contributed by atoms with Crippen molar-refractivity contribution in [3.63, 3.8) is 0 Å². The molecule has 1 unspecified atom stereocenters. The molecule has 0 N–H and O–H groups in total. The fourth-order valence-electron chi connectivity index (χ4n) is 3.74.